The van der Waals surface area contributed by atoms with Gasteiger partial charge in [-0.05, 0) is 101 Å². The van der Waals surface area contributed by atoms with Crippen molar-refractivity contribution in [3.05, 3.63) is 223 Å². The summed E-state index contributed by atoms with van der Waals surface area (Å²) < 4.78 is 11.8. The maximum absolute atomic E-state index is 7.00. The molecular formula is C57H40N4O. The molecule has 2 unspecified atom stereocenters. The summed E-state index contributed by atoms with van der Waals surface area (Å²) in [5.74, 6) is 0. The van der Waals surface area contributed by atoms with Crippen molar-refractivity contribution < 1.29 is 4.42 Å². The van der Waals surface area contributed by atoms with Crippen LogP contribution in [0.15, 0.2) is 211 Å². The second-order valence-corrected chi connectivity index (χ2v) is 16.8. The highest BCUT2D eigenvalue weighted by Gasteiger charge is 2.37. The van der Waals surface area contributed by atoms with Crippen molar-refractivity contribution in [1.82, 2.24) is 14.5 Å². The minimum absolute atomic E-state index is 0.0911. The lowest BCUT2D eigenvalue weighted by Crippen LogP contribution is -2.51. The van der Waals surface area contributed by atoms with Gasteiger partial charge >= 0.3 is 0 Å². The number of benzene rings is 9. The summed E-state index contributed by atoms with van der Waals surface area (Å²) in [5, 5.41) is 15.0. The molecule has 0 amide bonds. The van der Waals surface area contributed by atoms with Crippen molar-refractivity contribution >= 4 is 71.2 Å². The normalized spacial score (nSPS) is 16.4. The van der Waals surface area contributed by atoms with Crippen molar-refractivity contribution in [2.75, 3.05) is 5.32 Å². The van der Waals surface area contributed by atoms with Crippen LogP contribution in [0.1, 0.15) is 29.7 Å². The number of para-hydroxylation sites is 5. The molecule has 2 N–H and O–H groups in total. The monoisotopic (exact) mass is 796 g/mol. The maximum atomic E-state index is 7.00. The zero-order valence-electron chi connectivity index (χ0n) is 34.0. The molecule has 0 saturated heterocycles. The molecule has 62 heavy (non-hydrogen) atoms. The largest absolute Gasteiger partial charge is 0.454 e. The molecule has 0 bridgehead atoms. The van der Waals surface area contributed by atoms with Crippen LogP contribution in [0.25, 0.3) is 88.1 Å². The second-order valence-electron chi connectivity index (χ2n) is 16.8. The first kappa shape index (κ1) is 34.9. The quantitative estimate of drug-likeness (QED) is 0.182. The standard InChI is InChI=1S/C57H40N4O/c1-57(38-16-4-2-5-17-38)58-47-25-11-8-22-42(47)55(59-57)43-23-15-29-53-54(43)44-24-14-28-52(56(44)62-53)61-49-27-13-10-21-41(49)46-35-37(31-33-51(46)61)36-30-32-50-45(34-36)40-20-9-12-26-48(40)60(50)39-18-6-3-7-19-39/h2-35,55,58-59H,1H3. The zero-order chi connectivity index (χ0) is 40.9. The summed E-state index contributed by atoms with van der Waals surface area (Å²) in [4.78, 5) is 0. The third-order valence-electron chi connectivity index (χ3n) is 13.2. The van der Waals surface area contributed by atoms with E-state index in [0.29, 0.717) is 0 Å². The molecule has 0 radical (unpaired) electrons. The Labute approximate surface area is 358 Å². The van der Waals surface area contributed by atoms with E-state index in [2.05, 4.69) is 233 Å². The van der Waals surface area contributed by atoms with Gasteiger partial charge in [-0.1, -0.05) is 140 Å². The lowest BCUT2D eigenvalue weighted by molar-refractivity contribution is 0.368. The van der Waals surface area contributed by atoms with E-state index in [1.807, 2.05) is 0 Å². The molecule has 0 saturated carbocycles. The number of nitrogens with zero attached hydrogens (tertiary/aromatic N) is 2. The second kappa shape index (κ2) is 13.3. The highest BCUT2D eigenvalue weighted by molar-refractivity contribution is 6.15. The van der Waals surface area contributed by atoms with E-state index in [4.69, 9.17) is 4.42 Å². The number of aromatic nitrogens is 2. The topological polar surface area (TPSA) is 47.1 Å². The van der Waals surface area contributed by atoms with Crippen molar-refractivity contribution in [1.29, 1.82) is 0 Å². The number of hydrogen-bond acceptors (Lipinski definition) is 3. The van der Waals surface area contributed by atoms with Gasteiger partial charge in [-0.2, -0.15) is 0 Å². The fourth-order valence-electron chi connectivity index (χ4n) is 10.4. The molecule has 5 heteroatoms. The molecule has 4 heterocycles. The fourth-order valence-corrected chi connectivity index (χ4v) is 10.4. The van der Waals surface area contributed by atoms with E-state index in [0.717, 1.165) is 50.0 Å². The van der Waals surface area contributed by atoms with Crippen molar-refractivity contribution in [3.8, 4) is 22.5 Å². The Balaban J connectivity index is 0.972. The predicted molar refractivity (Wildman–Crippen MR) is 257 cm³/mol. The van der Waals surface area contributed by atoms with E-state index >= 15 is 0 Å². The van der Waals surface area contributed by atoms with E-state index in [1.54, 1.807) is 0 Å². The van der Waals surface area contributed by atoms with Gasteiger partial charge < -0.3 is 18.9 Å². The molecule has 5 nitrogen and oxygen atoms in total. The Morgan fingerprint density at radius 3 is 1.77 bits per heavy atom. The minimum Gasteiger partial charge on any atom is -0.454 e. The molecule has 1 aliphatic rings. The molecule has 3 aromatic heterocycles. The maximum Gasteiger partial charge on any atom is 0.159 e. The van der Waals surface area contributed by atoms with Crippen LogP contribution in [0.2, 0.25) is 0 Å². The number of rotatable bonds is 5. The van der Waals surface area contributed by atoms with Crippen LogP contribution in [0, 0.1) is 0 Å². The van der Waals surface area contributed by atoms with Crippen LogP contribution in [0.4, 0.5) is 5.69 Å². The van der Waals surface area contributed by atoms with Crippen molar-refractivity contribution in [3.63, 3.8) is 0 Å². The predicted octanol–water partition coefficient (Wildman–Crippen LogP) is 14.4. The molecule has 12 aromatic rings. The van der Waals surface area contributed by atoms with Crippen LogP contribution in [-0.2, 0) is 5.66 Å². The molecule has 1 aliphatic heterocycles. The van der Waals surface area contributed by atoms with E-state index in [9.17, 15) is 0 Å². The van der Waals surface area contributed by atoms with Gasteiger partial charge in [0.2, 0.25) is 0 Å². The third kappa shape index (κ3) is 5.12. The Kier molecular flexibility index (Phi) is 7.51. The number of hydrogen-bond donors (Lipinski definition) is 2. The van der Waals surface area contributed by atoms with E-state index in [-0.39, 0.29) is 6.04 Å². The molecule has 0 aliphatic carbocycles. The van der Waals surface area contributed by atoms with E-state index in [1.165, 1.54) is 60.4 Å². The number of anilines is 1. The minimum atomic E-state index is -0.498. The summed E-state index contributed by atoms with van der Waals surface area (Å²) in [6.07, 6.45) is 0. The first-order chi connectivity index (χ1) is 30.6. The Morgan fingerprint density at radius 1 is 0.468 bits per heavy atom. The summed E-state index contributed by atoms with van der Waals surface area (Å²) in [7, 11) is 0. The number of furan rings is 1. The third-order valence-corrected chi connectivity index (χ3v) is 13.2. The lowest BCUT2D eigenvalue weighted by Gasteiger charge is -2.43. The smallest absolute Gasteiger partial charge is 0.159 e. The van der Waals surface area contributed by atoms with Gasteiger partial charge in [0.05, 0.1) is 33.8 Å². The van der Waals surface area contributed by atoms with Crippen molar-refractivity contribution in [2.24, 2.45) is 0 Å². The Hall–Kier alpha value is -7.86. The van der Waals surface area contributed by atoms with Crippen LogP contribution in [0.3, 0.4) is 0 Å². The van der Waals surface area contributed by atoms with Gasteiger partial charge in [0, 0.05) is 43.7 Å². The first-order valence-corrected chi connectivity index (χ1v) is 21.4. The van der Waals surface area contributed by atoms with E-state index < -0.39 is 5.66 Å². The molecule has 0 fully saturated rings. The van der Waals surface area contributed by atoms with Gasteiger partial charge in [-0.25, -0.2) is 0 Å². The summed E-state index contributed by atoms with van der Waals surface area (Å²) in [6.45, 7) is 2.23. The van der Waals surface area contributed by atoms with Gasteiger partial charge in [-0.3, -0.25) is 5.32 Å². The molecule has 294 valence electrons. The average Bonchev–Trinajstić information content (AvgIpc) is 3.99. The molecule has 13 rings (SSSR count). The highest BCUT2D eigenvalue weighted by atomic mass is 16.3. The molecule has 2 atom stereocenters. The Morgan fingerprint density at radius 2 is 1.03 bits per heavy atom. The van der Waals surface area contributed by atoms with Crippen molar-refractivity contribution in [2.45, 2.75) is 18.6 Å². The number of nitrogens with one attached hydrogen (secondary N) is 2. The zero-order valence-corrected chi connectivity index (χ0v) is 34.0. The molecule has 0 spiro atoms. The average molecular weight is 797 g/mol. The van der Waals surface area contributed by atoms with Gasteiger partial charge in [0.1, 0.15) is 11.2 Å². The van der Waals surface area contributed by atoms with Crippen LogP contribution in [-0.4, -0.2) is 9.13 Å². The first-order valence-electron chi connectivity index (χ1n) is 21.4. The fraction of sp³-hybridized carbons (Fsp3) is 0.0526. The van der Waals surface area contributed by atoms with Gasteiger partial charge in [0.25, 0.3) is 0 Å². The van der Waals surface area contributed by atoms with Crippen LogP contribution in [0.5, 0.6) is 0 Å². The SMILES string of the molecule is CC1(c2ccccc2)Nc2ccccc2C(c2cccc3oc4c(-n5c6ccccc6c6cc(-c7ccc8c(c7)c7ccccc7n8-c7ccccc7)ccc65)cccc4c23)N1. The van der Waals surface area contributed by atoms with Gasteiger partial charge in [0.15, 0.2) is 5.58 Å². The number of fused-ring (bicyclic) bond motifs is 10. The van der Waals surface area contributed by atoms with Crippen LogP contribution < -0.4 is 10.6 Å². The lowest BCUT2D eigenvalue weighted by atomic mass is 9.87. The summed E-state index contributed by atoms with van der Waals surface area (Å²) in [6, 6.07) is 74.3. The summed E-state index contributed by atoms with van der Waals surface area (Å²) in [5.41, 5.74) is 15.2. The van der Waals surface area contributed by atoms with Gasteiger partial charge in [-0.15, -0.1) is 0 Å². The molecular weight excluding hydrogens is 757 g/mol. The summed E-state index contributed by atoms with van der Waals surface area (Å²) >= 11 is 0. The van der Waals surface area contributed by atoms with Crippen LogP contribution >= 0.6 is 0 Å². The highest BCUT2D eigenvalue weighted by Crippen LogP contribution is 2.45. The molecule has 9 aromatic carbocycles. The Bertz CT molecular complexity index is 3730.